The highest BCUT2D eigenvalue weighted by atomic mass is 16.2. The molecule has 0 saturated carbocycles. The number of hydrogen-bond donors (Lipinski definition) is 0. The van der Waals surface area contributed by atoms with Crippen LogP contribution in [0.25, 0.3) is 6.08 Å². The van der Waals surface area contributed by atoms with Crippen LogP contribution in [0.3, 0.4) is 0 Å². The van der Waals surface area contributed by atoms with Crippen molar-refractivity contribution in [3.63, 3.8) is 0 Å². The van der Waals surface area contributed by atoms with E-state index in [1.807, 2.05) is 29.0 Å². The lowest BCUT2D eigenvalue weighted by atomic mass is 10.1. The summed E-state index contributed by atoms with van der Waals surface area (Å²) in [5.74, 6) is 0. The molecular formula is C13H13N2O. The molecule has 3 heteroatoms. The zero-order valence-corrected chi connectivity index (χ0v) is 8.91. The van der Waals surface area contributed by atoms with E-state index < -0.39 is 0 Å². The van der Waals surface area contributed by atoms with Gasteiger partial charge in [0.25, 0.3) is 0 Å². The Balaban J connectivity index is 2.05. The van der Waals surface area contributed by atoms with Crippen molar-refractivity contribution in [2.75, 3.05) is 6.61 Å². The van der Waals surface area contributed by atoms with E-state index in [2.05, 4.69) is 17.1 Å². The number of benzene rings is 1. The molecule has 0 saturated heterocycles. The standard InChI is InChI=1S/C13H13N2O/c16-9-1-2-12-3-5-13(6-4-12)10-15-8-7-14-11-15/h1-8,11H,9-10H2. The van der Waals surface area contributed by atoms with Gasteiger partial charge in [-0.2, -0.15) is 0 Å². The molecule has 0 aliphatic rings. The third-order valence-corrected chi connectivity index (χ3v) is 2.31. The summed E-state index contributed by atoms with van der Waals surface area (Å²) < 4.78 is 2.02. The van der Waals surface area contributed by atoms with E-state index >= 15 is 0 Å². The lowest BCUT2D eigenvalue weighted by Crippen LogP contribution is -1.95. The fourth-order valence-electron chi connectivity index (χ4n) is 1.51. The lowest BCUT2D eigenvalue weighted by Gasteiger charge is -2.02. The van der Waals surface area contributed by atoms with Crippen LogP contribution in [0.1, 0.15) is 11.1 Å². The minimum Gasteiger partial charge on any atom is -0.333 e. The molecule has 1 heterocycles. The molecule has 2 rings (SSSR count). The van der Waals surface area contributed by atoms with Crippen LogP contribution in [-0.4, -0.2) is 16.2 Å². The van der Waals surface area contributed by atoms with Gasteiger partial charge in [-0.3, -0.25) is 0 Å². The largest absolute Gasteiger partial charge is 0.333 e. The molecule has 0 spiro atoms. The number of nitrogens with zero attached hydrogens (tertiary/aromatic N) is 2. The van der Waals surface area contributed by atoms with Crippen molar-refractivity contribution < 1.29 is 5.11 Å². The summed E-state index contributed by atoms with van der Waals surface area (Å²) in [7, 11) is 0. The molecule has 0 aliphatic carbocycles. The van der Waals surface area contributed by atoms with Gasteiger partial charge in [-0.05, 0) is 11.1 Å². The topological polar surface area (TPSA) is 37.7 Å². The Bertz CT molecular complexity index is 443. The summed E-state index contributed by atoms with van der Waals surface area (Å²) >= 11 is 0. The summed E-state index contributed by atoms with van der Waals surface area (Å²) in [6, 6.07) is 8.14. The van der Waals surface area contributed by atoms with Crippen molar-refractivity contribution in [1.29, 1.82) is 0 Å². The second-order valence-electron chi connectivity index (χ2n) is 3.55. The van der Waals surface area contributed by atoms with Gasteiger partial charge in [0.1, 0.15) is 6.61 Å². The number of aromatic nitrogens is 2. The minimum absolute atomic E-state index is 0.170. The molecule has 0 atom stereocenters. The Kier molecular flexibility index (Phi) is 3.51. The van der Waals surface area contributed by atoms with Gasteiger partial charge in [0, 0.05) is 18.9 Å². The molecule has 0 aliphatic heterocycles. The first kappa shape index (κ1) is 10.6. The smallest absolute Gasteiger partial charge is 0.101 e. The Labute approximate surface area is 94.7 Å². The molecule has 0 N–H and O–H groups in total. The molecule has 2 aromatic rings. The highest BCUT2D eigenvalue weighted by molar-refractivity contribution is 5.49. The van der Waals surface area contributed by atoms with Crippen molar-refractivity contribution in [3.8, 4) is 0 Å². The van der Waals surface area contributed by atoms with E-state index in [1.165, 1.54) is 5.56 Å². The molecule has 1 aromatic carbocycles. The first-order valence-corrected chi connectivity index (χ1v) is 5.18. The number of hydrogen-bond acceptors (Lipinski definition) is 1. The fourth-order valence-corrected chi connectivity index (χ4v) is 1.51. The van der Waals surface area contributed by atoms with E-state index in [0.717, 1.165) is 12.1 Å². The van der Waals surface area contributed by atoms with E-state index in [4.69, 9.17) is 0 Å². The van der Waals surface area contributed by atoms with Crippen molar-refractivity contribution >= 4 is 6.08 Å². The molecular weight excluding hydrogens is 200 g/mol. The van der Waals surface area contributed by atoms with Gasteiger partial charge >= 0.3 is 0 Å². The zero-order chi connectivity index (χ0) is 11.2. The normalized spacial score (nSPS) is 11.1. The Morgan fingerprint density at radius 2 is 2.06 bits per heavy atom. The Hall–Kier alpha value is -1.87. The predicted octanol–water partition coefficient (Wildman–Crippen LogP) is 2.38. The molecule has 0 unspecified atom stereocenters. The molecule has 81 valence electrons. The van der Waals surface area contributed by atoms with Gasteiger partial charge in [-0.15, -0.1) is 0 Å². The van der Waals surface area contributed by atoms with Crippen LogP contribution in [0.2, 0.25) is 0 Å². The second kappa shape index (κ2) is 5.28. The highest BCUT2D eigenvalue weighted by Gasteiger charge is 1.94. The average molecular weight is 213 g/mol. The van der Waals surface area contributed by atoms with Crippen molar-refractivity contribution in [2.24, 2.45) is 0 Å². The van der Waals surface area contributed by atoms with Crippen LogP contribution in [0.5, 0.6) is 0 Å². The van der Waals surface area contributed by atoms with Gasteiger partial charge in [0.2, 0.25) is 0 Å². The summed E-state index contributed by atoms with van der Waals surface area (Å²) in [5, 5.41) is 10.3. The fraction of sp³-hybridized carbons (Fsp3) is 0.154. The maximum Gasteiger partial charge on any atom is 0.101 e. The lowest BCUT2D eigenvalue weighted by molar-refractivity contribution is 0.233. The van der Waals surface area contributed by atoms with Crippen LogP contribution in [-0.2, 0) is 11.7 Å². The van der Waals surface area contributed by atoms with Crippen LogP contribution >= 0.6 is 0 Å². The van der Waals surface area contributed by atoms with Gasteiger partial charge in [0.05, 0.1) is 6.33 Å². The molecule has 3 nitrogen and oxygen atoms in total. The predicted molar refractivity (Wildman–Crippen MR) is 62.4 cm³/mol. The molecule has 0 fully saturated rings. The van der Waals surface area contributed by atoms with Gasteiger partial charge < -0.3 is 4.57 Å². The molecule has 0 amide bonds. The molecule has 1 aromatic heterocycles. The van der Waals surface area contributed by atoms with Gasteiger partial charge in [-0.25, -0.2) is 10.1 Å². The third-order valence-electron chi connectivity index (χ3n) is 2.31. The van der Waals surface area contributed by atoms with Gasteiger partial charge in [0.15, 0.2) is 0 Å². The molecule has 0 bridgehead atoms. The van der Waals surface area contributed by atoms with Gasteiger partial charge in [-0.1, -0.05) is 36.4 Å². The second-order valence-corrected chi connectivity index (χ2v) is 3.55. The SMILES string of the molecule is [O]CC=Cc1ccc(Cn2ccnc2)cc1. The minimum atomic E-state index is -0.170. The number of rotatable bonds is 4. The van der Waals surface area contributed by atoms with E-state index in [1.54, 1.807) is 18.6 Å². The number of imidazole rings is 1. The van der Waals surface area contributed by atoms with Crippen molar-refractivity contribution in [3.05, 3.63) is 60.2 Å². The summed E-state index contributed by atoms with van der Waals surface area (Å²) in [6.07, 6.45) is 8.96. The Morgan fingerprint density at radius 3 is 2.69 bits per heavy atom. The maximum atomic E-state index is 10.3. The first-order valence-electron chi connectivity index (χ1n) is 5.18. The van der Waals surface area contributed by atoms with E-state index in [9.17, 15) is 5.11 Å². The maximum absolute atomic E-state index is 10.3. The van der Waals surface area contributed by atoms with Crippen LogP contribution in [0.15, 0.2) is 49.1 Å². The van der Waals surface area contributed by atoms with E-state index in [0.29, 0.717) is 0 Å². The van der Waals surface area contributed by atoms with Crippen molar-refractivity contribution in [1.82, 2.24) is 9.55 Å². The first-order chi connectivity index (χ1) is 7.88. The highest BCUT2D eigenvalue weighted by Crippen LogP contribution is 2.07. The third kappa shape index (κ3) is 2.81. The zero-order valence-electron chi connectivity index (χ0n) is 8.91. The Morgan fingerprint density at radius 1 is 1.25 bits per heavy atom. The quantitative estimate of drug-likeness (QED) is 0.768. The monoisotopic (exact) mass is 213 g/mol. The van der Waals surface area contributed by atoms with Crippen LogP contribution in [0.4, 0.5) is 0 Å². The molecule has 16 heavy (non-hydrogen) atoms. The van der Waals surface area contributed by atoms with E-state index in [-0.39, 0.29) is 6.61 Å². The van der Waals surface area contributed by atoms with Crippen molar-refractivity contribution in [2.45, 2.75) is 6.54 Å². The summed E-state index contributed by atoms with van der Waals surface area (Å²) in [4.78, 5) is 3.99. The average Bonchev–Trinajstić information content (AvgIpc) is 2.81. The molecule has 1 radical (unpaired) electrons. The summed E-state index contributed by atoms with van der Waals surface area (Å²) in [6.45, 7) is 0.655. The van der Waals surface area contributed by atoms with Crippen LogP contribution < -0.4 is 0 Å². The van der Waals surface area contributed by atoms with Crippen LogP contribution in [0, 0.1) is 0 Å². The summed E-state index contributed by atoms with van der Waals surface area (Å²) in [5.41, 5.74) is 2.28.